The lowest BCUT2D eigenvalue weighted by Gasteiger charge is -2.19. The second kappa shape index (κ2) is 10.4. The molecule has 35 heavy (non-hydrogen) atoms. The van der Waals surface area contributed by atoms with Crippen molar-refractivity contribution in [2.75, 3.05) is 7.05 Å². The molecule has 1 saturated carbocycles. The number of nitrogens with one attached hydrogen (secondary N) is 1. The zero-order valence-corrected chi connectivity index (χ0v) is 22.0. The molecule has 5 rings (SSSR count). The fourth-order valence-corrected chi connectivity index (χ4v) is 4.77. The smallest absolute Gasteiger partial charge is 0.235 e. The number of halogens is 2. The van der Waals surface area contributed by atoms with Crippen LogP contribution in [0.1, 0.15) is 89.1 Å². The van der Waals surface area contributed by atoms with E-state index in [0.29, 0.717) is 18.0 Å². The van der Waals surface area contributed by atoms with Gasteiger partial charge in [-0.2, -0.15) is 4.39 Å². The zero-order chi connectivity index (χ0) is 26.0. The molecule has 0 saturated heterocycles. The van der Waals surface area contributed by atoms with Crippen molar-refractivity contribution in [2.45, 2.75) is 84.2 Å². The number of rotatable bonds is 4. The Balaban J connectivity index is 0.000000324. The van der Waals surface area contributed by atoms with Crippen LogP contribution in [0.15, 0.2) is 36.5 Å². The third kappa shape index (κ3) is 6.24. The lowest BCUT2D eigenvalue weighted by Crippen LogP contribution is -2.18. The topological polar surface area (TPSA) is 59.3 Å². The van der Waals surface area contributed by atoms with Crippen LogP contribution in [0.2, 0.25) is 0 Å². The number of benzene rings is 1. The minimum absolute atomic E-state index is 0.140. The molecular weight excluding hydrogens is 446 g/mol. The molecule has 190 valence electrons. The number of carbonyl (C=O) groups excluding carboxylic acids is 1. The van der Waals surface area contributed by atoms with Crippen molar-refractivity contribution >= 4 is 11.6 Å². The minimum atomic E-state index is -1.22. The highest BCUT2D eigenvalue weighted by atomic mass is 19.1. The van der Waals surface area contributed by atoms with Gasteiger partial charge in [-0.1, -0.05) is 52.0 Å². The van der Waals surface area contributed by atoms with Crippen LogP contribution < -0.4 is 5.32 Å². The SMILES string of the molecule is CC.CC(C)(F)Cc1ccc(C2CC(C)(C)c3c2cnc2cc(F)nn32)cc1.CNC(=O)C1CC1. The van der Waals surface area contributed by atoms with Gasteiger partial charge in [0.05, 0.1) is 5.69 Å². The molecule has 1 fully saturated rings. The molecule has 0 spiro atoms. The summed E-state index contributed by atoms with van der Waals surface area (Å²) in [6, 6.07) is 9.51. The maximum atomic E-state index is 13.9. The fourth-order valence-electron chi connectivity index (χ4n) is 4.77. The zero-order valence-electron chi connectivity index (χ0n) is 22.0. The van der Waals surface area contributed by atoms with Crippen LogP contribution in [0.3, 0.4) is 0 Å². The van der Waals surface area contributed by atoms with Gasteiger partial charge in [0.1, 0.15) is 5.67 Å². The highest BCUT2D eigenvalue weighted by Gasteiger charge is 2.40. The summed E-state index contributed by atoms with van der Waals surface area (Å²) in [5.41, 5.74) is 3.44. The summed E-state index contributed by atoms with van der Waals surface area (Å²) < 4.78 is 29.2. The Hall–Kier alpha value is -2.83. The number of fused-ring (bicyclic) bond motifs is 3. The number of amides is 1. The first kappa shape index (κ1) is 26.8. The highest BCUT2D eigenvalue weighted by molar-refractivity contribution is 5.80. The first-order chi connectivity index (χ1) is 16.5. The molecule has 2 aliphatic carbocycles. The summed E-state index contributed by atoms with van der Waals surface area (Å²) in [4.78, 5) is 14.9. The summed E-state index contributed by atoms with van der Waals surface area (Å²) in [7, 11) is 1.68. The average Bonchev–Trinajstić information content (AvgIpc) is 3.52. The lowest BCUT2D eigenvalue weighted by molar-refractivity contribution is -0.121. The average molecular weight is 485 g/mol. The van der Waals surface area contributed by atoms with Crippen LogP contribution in [0, 0.1) is 11.9 Å². The molecule has 2 heterocycles. The Morgan fingerprint density at radius 1 is 1.20 bits per heavy atom. The van der Waals surface area contributed by atoms with Gasteiger partial charge in [0.2, 0.25) is 11.9 Å². The number of alkyl halides is 1. The van der Waals surface area contributed by atoms with Gasteiger partial charge < -0.3 is 5.32 Å². The van der Waals surface area contributed by atoms with Gasteiger partial charge in [0, 0.05) is 48.5 Å². The summed E-state index contributed by atoms with van der Waals surface area (Å²) >= 11 is 0. The molecule has 0 bridgehead atoms. The van der Waals surface area contributed by atoms with Gasteiger partial charge in [-0.25, -0.2) is 13.9 Å². The van der Waals surface area contributed by atoms with Crippen molar-refractivity contribution in [3.8, 4) is 0 Å². The summed E-state index contributed by atoms with van der Waals surface area (Å²) in [6.07, 6.45) is 5.34. The second-order valence-corrected chi connectivity index (χ2v) is 10.5. The molecule has 1 unspecified atom stereocenters. The Morgan fingerprint density at radius 3 is 2.34 bits per heavy atom. The molecule has 1 amide bonds. The Kier molecular flexibility index (Phi) is 7.97. The van der Waals surface area contributed by atoms with Crippen molar-refractivity contribution in [1.82, 2.24) is 19.9 Å². The summed E-state index contributed by atoms with van der Waals surface area (Å²) in [6.45, 7) is 11.5. The van der Waals surface area contributed by atoms with E-state index in [1.54, 1.807) is 25.4 Å². The molecule has 2 aromatic heterocycles. The van der Waals surface area contributed by atoms with Crippen LogP contribution >= 0.6 is 0 Å². The van der Waals surface area contributed by atoms with Crippen molar-refractivity contribution in [2.24, 2.45) is 5.92 Å². The number of carbonyl (C=O) groups is 1. The Morgan fingerprint density at radius 2 is 1.83 bits per heavy atom. The first-order valence-corrected chi connectivity index (χ1v) is 12.5. The fraction of sp³-hybridized carbons (Fsp3) is 0.536. The van der Waals surface area contributed by atoms with Crippen molar-refractivity contribution < 1.29 is 13.6 Å². The van der Waals surface area contributed by atoms with Crippen LogP contribution in [-0.2, 0) is 16.6 Å². The molecule has 2 aliphatic rings. The first-order valence-electron chi connectivity index (χ1n) is 12.5. The predicted octanol–water partition coefficient (Wildman–Crippen LogP) is 6.14. The minimum Gasteiger partial charge on any atom is -0.359 e. The third-order valence-corrected chi connectivity index (χ3v) is 6.41. The molecule has 0 aliphatic heterocycles. The van der Waals surface area contributed by atoms with E-state index in [-0.39, 0.29) is 17.2 Å². The van der Waals surface area contributed by atoms with Gasteiger partial charge in [-0.05, 0) is 44.2 Å². The maximum Gasteiger partial charge on any atom is 0.235 e. The molecule has 5 nitrogen and oxygen atoms in total. The predicted molar refractivity (Wildman–Crippen MR) is 136 cm³/mol. The molecule has 3 aromatic rings. The van der Waals surface area contributed by atoms with E-state index in [2.05, 4.69) is 41.4 Å². The molecule has 7 heteroatoms. The van der Waals surface area contributed by atoms with Crippen LogP contribution in [-0.4, -0.2) is 33.2 Å². The van der Waals surface area contributed by atoms with Gasteiger partial charge in [-0.3, -0.25) is 4.79 Å². The van der Waals surface area contributed by atoms with E-state index in [4.69, 9.17) is 0 Å². The third-order valence-electron chi connectivity index (χ3n) is 6.41. The van der Waals surface area contributed by atoms with Crippen molar-refractivity contribution in [3.05, 3.63) is 64.9 Å². The molecule has 0 radical (unpaired) electrons. The van der Waals surface area contributed by atoms with Crippen LogP contribution in [0.25, 0.3) is 5.65 Å². The summed E-state index contributed by atoms with van der Waals surface area (Å²) in [5.74, 6) is 0.241. The molecular formula is C28H38F2N4O. The number of aromatic nitrogens is 3. The monoisotopic (exact) mass is 484 g/mol. The Bertz CT molecular complexity index is 1160. The number of hydrogen-bond acceptors (Lipinski definition) is 3. The van der Waals surface area contributed by atoms with Gasteiger partial charge in [-0.15, -0.1) is 5.10 Å². The standard InChI is InChI=1S/C21H23F2N3.C5H9NO.C2H6/c1-20(2)11-15(14-7-5-13(6-8-14)10-21(3,4)23)16-12-24-18-9-17(22)25-26(18)19(16)20;1-6-5(7)4-2-3-4;1-2/h5-9,12,15H,10-11H2,1-4H3;4H,2-3H2,1H3,(H,6,7);1-2H3. The largest absolute Gasteiger partial charge is 0.359 e. The number of nitrogens with zero attached hydrogens (tertiary/aromatic N) is 3. The van der Waals surface area contributed by atoms with Crippen LogP contribution in [0.5, 0.6) is 0 Å². The van der Waals surface area contributed by atoms with E-state index in [0.717, 1.165) is 36.1 Å². The van der Waals surface area contributed by atoms with Crippen molar-refractivity contribution in [1.29, 1.82) is 0 Å². The van der Waals surface area contributed by atoms with E-state index in [9.17, 15) is 13.6 Å². The molecule has 1 aromatic carbocycles. The van der Waals surface area contributed by atoms with E-state index in [1.807, 2.05) is 32.2 Å². The maximum absolute atomic E-state index is 13.9. The number of hydrogen-bond donors (Lipinski definition) is 1. The van der Waals surface area contributed by atoms with Gasteiger partial charge in [0.25, 0.3) is 0 Å². The summed E-state index contributed by atoms with van der Waals surface area (Å²) in [5, 5.41) is 6.60. The molecule has 1 atom stereocenters. The van der Waals surface area contributed by atoms with Gasteiger partial charge in [0.15, 0.2) is 5.65 Å². The highest BCUT2D eigenvalue weighted by Crippen LogP contribution is 2.48. The molecule has 1 N–H and O–H groups in total. The quantitative estimate of drug-likeness (QED) is 0.484. The van der Waals surface area contributed by atoms with E-state index >= 15 is 0 Å². The van der Waals surface area contributed by atoms with Gasteiger partial charge >= 0.3 is 0 Å². The van der Waals surface area contributed by atoms with Crippen molar-refractivity contribution in [3.63, 3.8) is 0 Å². The Labute approximate surface area is 207 Å². The van der Waals surface area contributed by atoms with E-state index < -0.39 is 11.6 Å². The van der Waals surface area contributed by atoms with E-state index in [1.165, 1.54) is 11.6 Å². The normalized spacial score (nSPS) is 18.1. The van der Waals surface area contributed by atoms with Crippen LogP contribution in [0.4, 0.5) is 8.78 Å². The second-order valence-electron chi connectivity index (χ2n) is 10.5. The lowest BCUT2D eigenvalue weighted by atomic mass is 9.86.